The molecule has 5 rings (SSSR count). The summed E-state index contributed by atoms with van der Waals surface area (Å²) in [7, 11) is 0. The summed E-state index contributed by atoms with van der Waals surface area (Å²) >= 11 is 4.99. The Balaban J connectivity index is 1.60. The van der Waals surface area contributed by atoms with Crippen molar-refractivity contribution in [1.82, 2.24) is 14.8 Å². The molecule has 3 aromatic carbocycles. The third kappa shape index (κ3) is 3.30. The number of hydrogen-bond acceptors (Lipinski definition) is 4. The Morgan fingerprint density at radius 3 is 2.59 bits per heavy atom. The van der Waals surface area contributed by atoms with Crippen molar-refractivity contribution in [3.8, 4) is 5.75 Å². The van der Waals surface area contributed by atoms with Crippen LogP contribution >= 0.6 is 12.2 Å². The highest BCUT2D eigenvalue weighted by molar-refractivity contribution is 7.71. The highest BCUT2D eigenvalue weighted by atomic mass is 32.1. The molecule has 2 heterocycles. The minimum absolute atomic E-state index is 0.254. The van der Waals surface area contributed by atoms with Gasteiger partial charge in [0, 0.05) is 16.3 Å². The van der Waals surface area contributed by atoms with Gasteiger partial charge in [0.2, 0.25) is 5.89 Å². The van der Waals surface area contributed by atoms with Crippen LogP contribution in [0.3, 0.4) is 0 Å². The summed E-state index contributed by atoms with van der Waals surface area (Å²) in [4.78, 5) is 0.254. The summed E-state index contributed by atoms with van der Waals surface area (Å²) in [6.45, 7) is 0.797. The molecule has 0 bridgehead atoms. The lowest BCUT2D eigenvalue weighted by atomic mass is 10.1. The number of para-hydroxylation sites is 1. The molecular weight excluding hydrogens is 389 g/mol. The Morgan fingerprint density at radius 2 is 1.79 bits per heavy atom. The summed E-state index contributed by atoms with van der Waals surface area (Å²) in [5, 5.41) is 8.88. The van der Waals surface area contributed by atoms with Crippen molar-refractivity contribution in [2.45, 2.75) is 13.2 Å². The number of nitrogens with zero attached hydrogens (tertiary/aromatic N) is 2. The molecule has 144 valence electrons. The summed E-state index contributed by atoms with van der Waals surface area (Å²) in [5.41, 5.74) is 2.96. The van der Waals surface area contributed by atoms with E-state index in [-0.39, 0.29) is 10.7 Å². The van der Waals surface area contributed by atoms with Gasteiger partial charge in [0.15, 0.2) is 0 Å². The predicted octanol–water partition coefficient (Wildman–Crippen LogP) is 5.61. The number of nitrogens with one attached hydrogen (secondary N) is 1. The molecule has 5 nitrogen and oxygen atoms in total. The van der Waals surface area contributed by atoms with Crippen LogP contribution in [0.25, 0.3) is 21.8 Å². The van der Waals surface area contributed by atoms with Crippen LogP contribution in [-0.4, -0.2) is 14.8 Å². The molecule has 0 spiro atoms. The maximum Gasteiger partial charge on any atom is 0.284 e. The van der Waals surface area contributed by atoms with E-state index in [1.165, 1.54) is 12.1 Å². The second-order valence-corrected chi connectivity index (χ2v) is 7.05. The molecule has 0 atom stereocenters. The van der Waals surface area contributed by atoms with Crippen LogP contribution in [0.15, 0.2) is 71.1 Å². The minimum atomic E-state index is -0.259. The fourth-order valence-electron chi connectivity index (χ4n) is 3.56. The topological polar surface area (TPSA) is 56.0 Å². The van der Waals surface area contributed by atoms with Crippen LogP contribution in [0.1, 0.15) is 11.5 Å². The van der Waals surface area contributed by atoms with Gasteiger partial charge in [-0.25, -0.2) is 9.49 Å². The number of halogens is 1. The maximum atomic E-state index is 13.2. The molecule has 0 amide bonds. The van der Waals surface area contributed by atoms with Gasteiger partial charge < -0.3 is 13.7 Å². The zero-order chi connectivity index (χ0) is 19.8. The number of benzene rings is 3. The molecular formula is C22H16FN3O2S. The Labute approximate surface area is 170 Å². The first-order valence-electron chi connectivity index (χ1n) is 9.10. The third-order valence-electron chi connectivity index (χ3n) is 4.84. The zero-order valence-corrected chi connectivity index (χ0v) is 16.1. The number of ether oxygens (including phenoxy) is 1. The lowest BCUT2D eigenvalue weighted by Crippen LogP contribution is -2.00. The summed E-state index contributed by atoms with van der Waals surface area (Å²) in [5.74, 6) is 1.02. The van der Waals surface area contributed by atoms with Crippen LogP contribution < -0.4 is 4.74 Å². The van der Waals surface area contributed by atoms with E-state index < -0.39 is 0 Å². The summed E-state index contributed by atoms with van der Waals surface area (Å²) < 4.78 is 26.9. The number of hydrogen-bond donors (Lipinski definition) is 1. The van der Waals surface area contributed by atoms with Crippen molar-refractivity contribution >= 4 is 34.0 Å². The molecule has 0 aliphatic heterocycles. The molecule has 0 unspecified atom stereocenters. The van der Waals surface area contributed by atoms with Gasteiger partial charge in [0.25, 0.3) is 4.84 Å². The smallest absolute Gasteiger partial charge is 0.284 e. The van der Waals surface area contributed by atoms with Gasteiger partial charge in [-0.15, -0.1) is 5.10 Å². The minimum Gasteiger partial charge on any atom is -0.488 e. The molecule has 0 aliphatic carbocycles. The average molecular weight is 405 g/mol. The quantitative estimate of drug-likeness (QED) is 0.386. The van der Waals surface area contributed by atoms with Crippen LogP contribution in [0.4, 0.5) is 4.39 Å². The number of rotatable bonds is 5. The van der Waals surface area contributed by atoms with E-state index in [1.807, 2.05) is 30.3 Å². The average Bonchev–Trinajstić information content (AvgIpc) is 3.30. The zero-order valence-electron chi connectivity index (χ0n) is 15.3. The van der Waals surface area contributed by atoms with Gasteiger partial charge in [-0.3, -0.25) is 0 Å². The van der Waals surface area contributed by atoms with Gasteiger partial charge in [-0.1, -0.05) is 36.4 Å². The molecule has 1 N–H and O–H groups in total. The van der Waals surface area contributed by atoms with Gasteiger partial charge in [0.05, 0.1) is 5.52 Å². The third-order valence-corrected chi connectivity index (χ3v) is 5.02. The first-order valence-corrected chi connectivity index (χ1v) is 9.51. The van der Waals surface area contributed by atoms with E-state index in [9.17, 15) is 4.39 Å². The van der Waals surface area contributed by atoms with Crippen molar-refractivity contribution in [2.24, 2.45) is 0 Å². The van der Waals surface area contributed by atoms with Crippen molar-refractivity contribution in [2.75, 3.05) is 0 Å². The van der Waals surface area contributed by atoms with Crippen molar-refractivity contribution < 1.29 is 13.5 Å². The van der Waals surface area contributed by atoms with Crippen molar-refractivity contribution in [1.29, 1.82) is 0 Å². The van der Waals surface area contributed by atoms with E-state index in [2.05, 4.69) is 26.9 Å². The van der Waals surface area contributed by atoms with E-state index in [1.54, 1.807) is 12.1 Å². The van der Waals surface area contributed by atoms with E-state index >= 15 is 0 Å². The Kier molecular flexibility index (Phi) is 4.37. The number of aromatic nitrogens is 3. The van der Waals surface area contributed by atoms with Crippen molar-refractivity contribution in [3.05, 3.63) is 88.8 Å². The summed E-state index contributed by atoms with van der Waals surface area (Å²) in [6.07, 6.45) is 0. The van der Waals surface area contributed by atoms with Crippen LogP contribution in [0, 0.1) is 10.7 Å². The largest absolute Gasteiger partial charge is 0.488 e. The second kappa shape index (κ2) is 7.18. The SMILES string of the molecule is Fc1ccc(COc2cccc3c2c2ccccc2n3Cc2n[nH]c(=S)o2)cc1. The van der Waals surface area contributed by atoms with Crippen LogP contribution in [0.5, 0.6) is 5.75 Å². The molecule has 5 aromatic rings. The Morgan fingerprint density at radius 1 is 1.00 bits per heavy atom. The highest BCUT2D eigenvalue weighted by Crippen LogP contribution is 2.36. The normalized spacial score (nSPS) is 11.3. The molecule has 0 radical (unpaired) electrons. The fourth-order valence-corrected chi connectivity index (χ4v) is 3.70. The van der Waals surface area contributed by atoms with Gasteiger partial charge in [-0.05, 0) is 48.1 Å². The van der Waals surface area contributed by atoms with E-state index in [0.29, 0.717) is 19.0 Å². The molecule has 0 fully saturated rings. The van der Waals surface area contributed by atoms with Gasteiger partial charge in [0.1, 0.15) is 24.7 Å². The fraction of sp³-hybridized carbons (Fsp3) is 0.0909. The van der Waals surface area contributed by atoms with Gasteiger partial charge >= 0.3 is 0 Å². The molecule has 7 heteroatoms. The lowest BCUT2D eigenvalue weighted by molar-refractivity contribution is 0.310. The van der Waals surface area contributed by atoms with E-state index in [0.717, 1.165) is 33.1 Å². The summed E-state index contributed by atoms with van der Waals surface area (Å²) in [6, 6.07) is 20.4. The molecule has 2 aromatic heterocycles. The molecule has 0 aliphatic rings. The first-order chi connectivity index (χ1) is 14.2. The molecule has 0 saturated heterocycles. The van der Waals surface area contributed by atoms with Gasteiger partial charge in [-0.2, -0.15) is 0 Å². The monoisotopic (exact) mass is 405 g/mol. The first kappa shape index (κ1) is 17.6. The number of H-pyrrole nitrogens is 1. The van der Waals surface area contributed by atoms with Crippen molar-refractivity contribution in [3.63, 3.8) is 0 Å². The van der Waals surface area contributed by atoms with Crippen LogP contribution in [-0.2, 0) is 13.2 Å². The highest BCUT2D eigenvalue weighted by Gasteiger charge is 2.16. The van der Waals surface area contributed by atoms with E-state index in [4.69, 9.17) is 21.4 Å². The standard InChI is InChI=1S/C22H16FN3O2S/c23-15-10-8-14(9-11-15)13-27-19-7-3-6-18-21(19)16-4-1-2-5-17(16)26(18)12-20-24-25-22(29)28-20/h1-11H,12-13H2,(H,25,29). The number of aromatic amines is 1. The second-order valence-electron chi connectivity index (χ2n) is 6.68. The Bertz CT molecular complexity index is 1370. The predicted molar refractivity (Wildman–Crippen MR) is 111 cm³/mol. The lowest BCUT2D eigenvalue weighted by Gasteiger charge is -2.09. The Hall–Kier alpha value is -3.45. The number of fused-ring (bicyclic) bond motifs is 3. The molecule has 0 saturated carbocycles. The molecule has 29 heavy (non-hydrogen) atoms. The van der Waals surface area contributed by atoms with Crippen LogP contribution in [0.2, 0.25) is 0 Å². The maximum absolute atomic E-state index is 13.2.